The highest BCUT2D eigenvalue weighted by Crippen LogP contribution is 2.62. The number of phenols is 2. The van der Waals surface area contributed by atoms with Gasteiger partial charge >= 0.3 is 0 Å². The largest absolute Gasteiger partial charge is 0.507 e. The molecule has 5 rings (SSSR count). The summed E-state index contributed by atoms with van der Waals surface area (Å²) >= 11 is 0. The summed E-state index contributed by atoms with van der Waals surface area (Å²) in [5, 5.41) is 36.9. The second-order valence-electron chi connectivity index (χ2n) is 11.8. The van der Waals surface area contributed by atoms with Gasteiger partial charge in [0.1, 0.15) is 34.7 Å². The lowest BCUT2D eigenvalue weighted by Gasteiger charge is -2.28. The van der Waals surface area contributed by atoms with Crippen LogP contribution in [0.1, 0.15) is 48.4 Å². The van der Waals surface area contributed by atoms with E-state index in [1.807, 2.05) is 20.8 Å². The van der Waals surface area contributed by atoms with Crippen LogP contribution < -0.4 is 15.9 Å². The van der Waals surface area contributed by atoms with E-state index in [1.165, 1.54) is 15.9 Å². The number of aliphatic hydroxyl groups excluding tert-OH is 1. The van der Waals surface area contributed by atoms with E-state index in [1.54, 1.807) is 0 Å². The Morgan fingerprint density at radius 1 is 0.725 bits per heavy atom. The first kappa shape index (κ1) is 28.4. The molecule has 0 aromatic heterocycles. The molecule has 4 heteroatoms. The van der Waals surface area contributed by atoms with Crippen LogP contribution in [0.3, 0.4) is 0 Å². The first-order valence-electron chi connectivity index (χ1n) is 14.4. The zero-order valence-corrected chi connectivity index (χ0v) is 25.0. The Balaban J connectivity index is 1.38. The molecule has 3 atom stereocenters. The monoisotopic (exact) mass is 553 g/mol. The number of hydrogen-bond acceptors (Lipinski definition) is 3. The Hall–Kier alpha value is -3.13. The molecule has 0 aliphatic heterocycles. The molecule has 3 nitrogen and oxygen atoms in total. The van der Waals surface area contributed by atoms with E-state index in [0.29, 0.717) is 29.9 Å². The van der Waals surface area contributed by atoms with Crippen LogP contribution >= 0.6 is 7.26 Å². The van der Waals surface area contributed by atoms with Crippen molar-refractivity contribution in [1.29, 1.82) is 0 Å². The Kier molecular flexibility index (Phi) is 8.09. The second-order valence-corrected chi connectivity index (χ2v) is 15.5. The standard InChI is InChI=1S/C36H41O3P/c1-25-26(2)35(39)32(27(3)34(25)38)20-21-33(37)36(4)24-28(36)22-23-40(29-14-8-5-9-15-29,30-16-10-6-11-17-30)31-18-12-7-13-19-31/h5-19,28,33,37H,20-24H2,1-4H3,(H-,38,39)/p+1. The number of aromatic hydroxyl groups is 2. The number of benzene rings is 4. The molecule has 4 aromatic carbocycles. The Bertz CT molecular complexity index is 1330. The molecule has 1 saturated carbocycles. The molecule has 3 unspecified atom stereocenters. The van der Waals surface area contributed by atoms with Gasteiger partial charge in [0.2, 0.25) is 0 Å². The molecule has 1 aliphatic rings. The fraction of sp³-hybridized carbons (Fsp3) is 0.333. The molecule has 208 valence electrons. The molecule has 40 heavy (non-hydrogen) atoms. The minimum atomic E-state index is -1.89. The van der Waals surface area contributed by atoms with Crippen LogP contribution in [-0.2, 0) is 6.42 Å². The summed E-state index contributed by atoms with van der Waals surface area (Å²) < 4.78 is 0. The van der Waals surface area contributed by atoms with Gasteiger partial charge in [-0.1, -0.05) is 61.5 Å². The fourth-order valence-electron chi connectivity index (χ4n) is 6.64. The van der Waals surface area contributed by atoms with Gasteiger partial charge in [0.25, 0.3) is 0 Å². The molecule has 1 aliphatic carbocycles. The van der Waals surface area contributed by atoms with E-state index in [-0.39, 0.29) is 16.9 Å². The van der Waals surface area contributed by atoms with Crippen LogP contribution in [0.5, 0.6) is 11.5 Å². The molecular weight excluding hydrogens is 511 g/mol. The highest BCUT2D eigenvalue weighted by atomic mass is 31.2. The quantitative estimate of drug-likeness (QED) is 0.151. The summed E-state index contributed by atoms with van der Waals surface area (Å²) in [6, 6.07) is 33.0. The molecule has 3 N–H and O–H groups in total. The molecule has 0 amide bonds. The lowest BCUT2D eigenvalue weighted by molar-refractivity contribution is 0.0845. The van der Waals surface area contributed by atoms with Crippen molar-refractivity contribution in [2.75, 3.05) is 6.16 Å². The second kappa shape index (κ2) is 11.4. The van der Waals surface area contributed by atoms with Crippen molar-refractivity contribution < 1.29 is 15.3 Å². The summed E-state index contributed by atoms with van der Waals surface area (Å²) in [6.45, 7) is 7.74. The molecule has 0 heterocycles. The zero-order chi connectivity index (χ0) is 28.5. The van der Waals surface area contributed by atoms with Gasteiger partial charge in [-0.05, 0) is 111 Å². The summed E-state index contributed by atoms with van der Waals surface area (Å²) in [5.74, 6) is 0.944. The SMILES string of the molecule is Cc1c(C)c(O)c(CCC(O)C2(C)CC2CC[P+](c2ccccc2)(c2ccccc2)c2ccccc2)c(C)c1O. The van der Waals surface area contributed by atoms with Crippen molar-refractivity contribution >= 4 is 23.2 Å². The molecular formula is C36H42O3P+. The van der Waals surface area contributed by atoms with Crippen molar-refractivity contribution in [3.8, 4) is 11.5 Å². The van der Waals surface area contributed by atoms with Gasteiger partial charge in [0, 0.05) is 5.56 Å². The van der Waals surface area contributed by atoms with Crippen molar-refractivity contribution in [3.05, 3.63) is 113 Å². The summed E-state index contributed by atoms with van der Waals surface area (Å²) in [5.41, 5.74) is 2.77. The third kappa shape index (κ3) is 5.06. The molecule has 0 saturated heterocycles. The van der Waals surface area contributed by atoms with Crippen molar-refractivity contribution in [1.82, 2.24) is 0 Å². The predicted octanol–water partition coefficient (Wildman–Crippen LogP) is 6.73. The van der Waals surface area contributed by atoms with Crippen LogP contribution in [0.2, 0.25) is 0 Å². The zero-order valence-electron chi connectivity index (χ0n) is 24.1. The van der Waals surface area contributed by atoms with Gasteiger partial charge in [-0.15, -0.1) is 0 Å². The summed E-state index contributed by atoms with van der Waals surface area (Å²) in [4.78, 5) is 0. The van der Waals surface area contributed by atoms with Gasteiger partial charge in [-0.2, -0.15) is 0 Å². The highest BCUT2D eigenvalue weighted by Gasteiger charge is 2.56. The first-order valence-corrected chi connectivity index (χ1v) is 16.4. The highest BCUT2D eigenvalue weighted by molar-refractivity contribution is 7.95. The number of rotatable bonds is 10. The normalized spacial score (nSPS) is 19.4. The predicted molar refractivity (Wildman–Crippen MR) is 169 cm³/mol. The molecule has 0 spiro atoms. The summed E-state index contributed by atoms with van der Waals surface area (Å²) in [6.07, 6.45) is 3.77. The van der Waals surface area contributed by atoms with Crippen LogP contribution in [0, 0.1) is 32.1 Å². The molecule has 4 aromatic rings. The Labute approximate surface area is 239 Å². The minimum Gasteiger partial charge on any atom is -0.507 e. The van der Waals surface area contributed by atoms with Gasteiger partial charge in [0.05, 0.1) is 12.3 Å². The van der Waals surface area contributed by atoms with Gasteiger partial charge in [0.15, 0.2) is 0 Å². The average Bonchev–Trinajstić information content (AvgIpc) is 3.68. The van der Waals surface area contributed by atoms with E-state index < -0.39 is 13.4 Å². The van der Waals surface area contributed by atoms with Gasteiger partial charge < -0.3 is 15.3 Å². The maximum absolute atomic E-state index is 11.4. The first-order chi connectivity index (χ1) is 19.2. The Morgan fingerprint density at radius 3 is 1.65 bits per heavy atom. The minimum absolute atomic E-state index is 0.134. The smallest absolute Gasteiger partial charge is 0.122 e. The molecule has 0 radical (unpaired) electrons. The fourth-order valence-corrected chi connectivity index (χ4v) is 11.1. The maximum atomic E-state index is 11.4. The van der Waals surface area contributed by atoms with Crippen LogP contribution in [0.15, 0.2) is 91.0 Å². The average molecular weight is 554 g/mol. The number of hydrogen-bond donors (Lipinski definition) is 3. The topological polar surface area (TPSA) is 60.7 Å². The molecule has 1 fully saturated rings. The van der Waals surface area contributed by atoms with Gasteiger partial charge in [-0.25, -0.2) is 0 Å². The lowest BCUT2D eigenvalue weighted by atomic mass is 9.89. The van der Waals surface area contributed by atoms with Crippen LogP contribution in [-0.4, -0.2) is 27.6 Å². The van der Waals surface area contributed by atoms with E-state index in [4.69, 9.17) is 0 Å². The van der Waals surface area contributed by atoms with E-state index in [2.05, 4.69) is 97.9 Å². The lowest BCUT2D eigenvalue weighted by Crippen LogP contribution is -2.33. The third-order valence-corrected chi connectivity index (χ3v) is 14.1. The van der Waals surface area contributed by atoms with Crippen molar-refractivity contribution in [2.45, 2.75) is 59.5 Å². The van der Waals surface area contributed by atoms with Crippen LogP contribution in [0.4, 0.5) is 0 Å². The van der Waals surface area contributed by atoms with E-state index >= 15 is 0 Å². The summed E-state index contributed by atoms with van der Waals surface area (Å²) in [7, 11) is -1.89. The van der Waals surface area contributed by atoms with Crippen molar-refractivity contribution in [3.63, 3.8) is 0 Å². The maximum Gasteiger partial charge on any atom is 0.122 e. The van der Waals surface area contributed by atoms with E-state index in [9.17, 15) is 15.3 Å². The Morgan fingerprint density at radius 2 is 1.18 bits per heavy atom. The van der Waals surface area contributed by atoms with E-state index in [0.717, 1.165) is 30.1 Å². The molecule has 0 bridgehead atoms. The number of phenolic OH excluding ortho intramolecular Hbond substituents is 2. The third-order valence-electron chi connectivity index (χ3n) is 9.66. The van der Waals surface area contributed by atoms with Gasteiger partial charge in [-0.3, -0.25) is 0 Å². The number of aliphatic hydroxyl groups is 1. The van der Waals surface area contributed by atoms with Crippen LogP contribution in [0.25, 0.3) is 0 Å². The van der Waals surface area contributed by atoms with Crippen molar-refractivity contribution in [2.24, 2.45) is 11.3 Å².